The number of nitrogens with two attached hydrogens (primary N) is 1. The highest BCUT2D eigenvalue weighted by Gasteiger charge is 2.29. The molecule has 1 heterocycles. The van der Waals surface area contributed by atoms with Crippen LogP contribution < -0.4 is 5.73 Å². The molecule has 1 aromatic rings. The molecule has 1 unspecified atom stereocenters. The van der Waals surface area contributed by atoms with E-state index in [1.165, 1.54) is 0 Å². The van der Waals surface area contributed by atoms with Crippen LogP contribution in [-0.4, -0.2) is 54.5 Å². The zero-order valence-corrected chi connectivity index (χ0v) is 13.2. The smallest absolute Gasteiger partial charge is 0.240 e. The van der Waals surface area contributed by atoms with Crippen LogP contribution >= 0.6 is 0 Å². The Labute approximate surface area is 127 Å². The number of hydrogen-bond acceptors (Lipinski definition) is 3. The molecule has 0 aliphatic carbocycles. The average molecular weight is 289 g/mol. The second-order valence-corrected chi connectivity index (χ2v) is 6.01. The van der Waals surface area contributed by atoms with Gasteiger partial charge in [0.2, 0.25) is 5.91 Å². The van der Waals surface area contributed by atoms with Crippen LogP contribution in [0.1, 0.15) is 25.3 Å². The number of hydrogen-bond donors (Lipinski definition) is 1. The van der Waals surface area contributed by atoms with Crippen LogP contribution in [0.2, 0.25) is 0 Å². The van der Waals surface area contributed by atoms with E-state index in [9.17, 15) is 4.79 Å². The summed E-state index contributed by atoms with van der Waals surface area (Å²) >= 11 is 0. The first kappa shape index (κ1) is 16.0. The average Bonchev–Trinajstić information content (AvgIpc) is 2.68. The summed E-state index contributed by atoms with van der Waals surface area (Å²) in [5, 5.41) is 0. The lowest BCUT2D eigenvalue weighted by Crippen LogP contribution is -2.51. The van der Waals surface area contributed by atoms with Crippen LogP contribution in [-0.2, 0) is 11.2 Å². The Balaban J connectivity index is 2.02. The highest BCUT2D eigenvalue weighted by molar-refractivity contribution is 5.82. The zero-order valence-electron chi connectivity index (χ0n) is 13.2. The molecule has 1 amide bonds. The monoisotopic (exact) mass is 289 g/mol. The van der Waals surface area contributed by atoms with Crippen molar-refractivity contribution in [1.82, 2.24) is 9.80 Å². The number of nitrogens with zero attached hydrogens (tertiary/aromatic N) is 2. The number of likely N-dealkylation sites (N-methyl/N-ethyl adjacent to an activating group) is 1. The Kier molecular flexibility index (Phi) is 5.76. The predicted molar refractivity (Wildman–Crippen MR) is 86.0 cm³/mol. The summed E-state index contributed by atoms with van der Waals surface area (Å²) in [4.78, 5) is 17.0. The van der Waals surface area contributed by atoms with Gasteiger partial charge in [-0.15, -0.1) is 0 Å². The van der Waals surface area contributed by atoms with Crippen molar-refractivity contribution >= 4 is 5.91 Å². The first-order valence-electron chi connectivity index (χ1n) is 7.90. The lowest BCUT2D eigenvalue weighted by Gasteiger charge is -2.32. The van der Waals surface area contributed by atoms with Crippen LogP contribution in [0.5, 0.6) is 0 Å². The molecule has 4 nitrogen and oxygen atoms in total. The molecule has 1 aliphatic heterocycles. The minimum atomic E-state index is -0.440. The highest BCUT2D eigenvalue weighted by Crippen LogP contribution is 2.14. The van der Waals surface area contributed by atoms with E-state index in [1.54, 1.807) is 0 Å². The normalized spacial score (nSPS) is 21.9. The van der Waals surface area contributed by atoms with Gasteiger partial charge >= 0.3 is 0 Å². The van der Waals surface area contributed by atoms with E-state index in [0.717, 1.165) is 38.0 Å². The predicted octanol–water partition coefficient (Wildman–Crippen LogP) is 1.50. The van der Waals surface area contributed by atoms with E-state index in [4.69, 9.17) is 5.73 Å². The molecule has 21 heavy (non-hydrogen) atoms. The van der Waals surface area contributed by atoms with Crippen molar-refractivity contribution in [2.45, 2.75) is 38.3 Å². The lowest BCUT2D eigenvalue weighted by molar-refractivity contribution is -0.134. The number of carbonyl (C=O) groups excluding carboxylic acids is 1. The van der Waals surface area contributed by atoms with Gasteiger partial charge in [0.1, 0.15) is 0 Å². The topological polar surface area (TPSA) is 49.6 Å². The number of amides is 1. The fraction of sp³-hybridized carbons (Fsp3) is 0.588. The van der Waals surface area contributed by atoms with Crippen molar-refractivity contribution in [3.05, 3.63) is 35.9 Å². The first-order valence-corrected chi connectivity index (χ1v) is 7.90. The van der Waals surface area contributed by atoms with E-state index in [1.807, 2.05) is 35.2 Å². The third-order valence-corrected chi connectivity index (χ3v) is 4.27. The maximum Gasteiger partial charge on any atom is 0.240 e. The third-order valence-electron chi connectivity index (χ3n) is 4.27. The quantitative estimate of drug-likeness (QED) is 0.914. The minimum absolute atomic E-state index is 0.0982. The Morgan fingerprint density at radius 3 is 2.71 bits per heavy atom. The number of rotatable bonds is 4. The Hall–Kier alpha value is -1.39. The summed E-state index contributed by atoms with van der Waals surface area (Å²) in [5.74, 6) is 0.0982. The Morgan fingerprint density at radius 2 is 2.05 bits per heavy atom. The molecular formula is C17H27N3O. The van der Waals surface area contributed by atoms with Crippen molar-refractivity contribution in [3.63, 3.8) is 0 Å². The summed E-state index contributed by atoms with van der Waals surface area (Å²) in [6.07, 6.45) is 2.62. The standard InChI is InChI=1S/C17H27N3O/c1-3-15-13-19(2)10-7-11-20(15)17(21)16(18)12-14-8-5-4-6-9-14/h4-6,8-9,15-16H,3,7,10-13,18H2,1-2H3/t15?,16-/m0/s1. The maximum absolute atomic E-state index is 12.7. The van der Waals surface area contributed by atoms with Crippen molar-refractivity contribution in [3.8, 4) is 0 Å². The SMILES string of the molecule is CCC1CN(C)CCCN1C(=O)[C@@H](N)Cc1ccccc1. The van der Waals surface area contributed by atoms with Crippen molar-refractivity contribution in [2.24, 2.45) is 5.73 Å². The number of carbonyl (C=O) groups is 1. The summed E-state index contributed by atoms with van der Waals surface area (Å²) in [6.45, 7) is 4.96. The Bertz CT molecular complexity index is 449. The van der Waals surface area contributed by atoms with E-state index in [0.29, 0.717) is 6.42 Å². The van der Waals surface area contributed by atoms with Gasteiger partial charge in [0.15, 0.2) is 0 Å². The molecule has 4 heteroatoms. The van der Waals surface area contributed by atoms with Crippen LogP contribution in [0.15, 0.2) is 30.3 Å². The number of benzene rings is 1. The second kappa shape index (κ2) is 7.57. The van der Waals surface area contributed by atoms with E-state index in [-0.39, 0.29) is 11.9 Å². The summed E-state index contributed by atoms with van der Waals surface area (Å²) < 4.78 is 0. The van der Waals surface area contributed by atoms with Gasteiger partial charge in [-0.05, 0) is 38.4 Å². The van der Waals surface area contributed by atoms with Gasteiger partial charge in [-0.25, -0.2) is 0 Å². The van der Waals surface area contributed by atoms with Gasteiger partial charge in [-0.2, -0.15) is 0 Å². The molecule has 0 saturated carbocycles. The van der Waals surface area contributed by atoms with E-state index < -0.39 is 6.04 Å². The highest BCUT2D eigenvalue weighted by atomic mass is 16.2. The van der Waals surface area contributed by atoms with Gasteiger partial charge < -0.3 is 15.5 Å². The van der Waals surface area contributed by atoms with E-state index in [2.05, 4.69) is 18.9 Å². The molecule has 1 saturated heterocycles. The van der Waals surface area contributed by atoms with Gasteiger partial charge in [0, 0.05) is 19.1 Å². The Morgan fingerprint density at radius 1 is 1.33 bits per heavy atom. The summed E-state index contributed by atoms with van der Waals surface area (Å²) in [5.41, 5.74) is 7.30. The molecule has 1 fully saturated rings. The molecule has 2 rings (SSSR count). The fourth-order valence-electron chi connectivity index (χ4n) is 3.05. The third kappa shape index (κ3) is 4.29. The van der Waals surface area contributed by atoms with Crippen molar-refractivity contribution < 1.29 is 4.79 Å². The first-order chi connectivity index (χ1) is 10.1. The van der Waals surface area contributed by atoms with Gasteiger partial charge in [0.25, 0.3) is 0 Å². The fourth-order valence-corrected chi connectivity index (χ4v) is 3.05. The molecule has 1 aromatic carbocycles. The molecule has 2 atom stereocenters. The molecule has 0 aromatic heterocycles. The van der Waals surface area contributed by atoms with Crippen LogP contribution in [0.25, 0.3) is 0 Å². The van der Waals surface area contributed by atoms with E-state index >= 15 is 0 Å². The minimum Gasteiger partial charge on any atom is -0.337 e. The molecule has 1 aliphatic rings. The molecule has 0 spiro atoms. The second-order valence-electron chi connectivity index (χ2n) is 6.01. The maximum atomic E-state index is 12.7. The van der Waals surface area contributed by atoms with Gasteiger partial charge in [0.05, 0.1) is 6.04 Å². The van der Waals surface area contributed by atoms with Gasteiger partial charge in [-0.1, -0.05) is 37.3 Å². The molecular weight excluding hydrogens is 262 g/mol. The summed E-state index contributed by atoms with van der Waals surface area (Å²) in [7, 11) is 2.13. The molecule has 0 radical (unpaired) electrons. The molecule has 2 N–H and O–H groups in total. The zero-order chi connectivity index (χ0) is 15.2. The van der Waals surface area contributed by atoms with Crippen molar-refractivity contribution in [1.29, 1.82) is 0 Å². The van der Waals surface area contributed by atoms with Crippen LogP contribution in [0.4, 0.5) is 0 Å². The van der Waals surface area contributed by atoms with Crippen LogP contribution in [0.3, 0.4) is 0 Å². The molecule has 116 valence electrons. The van der Waals surface area contributed by atoms with Gasteiger partial charge in [-0.3, -0.25) is 4.79 Å². The summed E-state index contributed by atoms with van der Waals surface area (Å²) in [6, 6.07) is 9.86. The largest absolute Gasteiger partial charge is 0.337 e. The lowest BCUT2D eigenvalue weighted by atomic mass is 10.0. The van der Waals surface area contributed by atoms with Crippen LogP contribution in [0, 0.1) is 0 Å². The molecule has 0 bridgehead atoms. The van der Waals surface area contributed by atoms with Crippen molar-refractivity contribution in [2.75, 3.05) is 26.7 Å².